The van der Waals surface area contributed by atoms with Crippen LogP contribution in [0.25, 0.3) is 0 Å². The summed E-state index contributed by atoms with van der Waals surface area (Å²) in [6, 6.07) is 13.0. The van der Waals surface area contributed by atoms with E-state index in [9.17, 15) is 21.6 Å². The zero-order chi connectivity index (χ0) is 23.9. The maximum atomic E-state index is 12.7. The van der Waals surface area contributed by atoms with Gasteiger partial charge in [0.05, 0.1) is 17.1 Å². The van der Waals surface area contributed by atoms with Gasteiger partial charge in [0.25, 0.3) is 0 Å². The number of hydrogen-bond donors (Lipinski definition) is 2. The molecule has 0 unspecified atom stereocenters. The minimum absolute atomic E-state index is 0.0889. The maximum absolute atomic E-state index is 12.7. The Morgan fingerprint density at radius 1 is 0.909 bits per heavy atom. The number of anilines is 1. The third kappa shape index (κ3) is 7.23. The molecule has 1 fully saturated rings. The lowest BCUT2D eigenvalue weighted by Crippen LogP contribution is -2.35. The molecule has 2 N–H and O–H groups in total. The lowest BCUT2D eigenvalue weighted by molar-refractivity contribution is -0.115. The second-order valence-corrected chi connectivity index (χ2v) is 11.7. The predicted molar refractivity (Wildman–Crippen MR) is 129 cm³/mol. The number of carbonyl (C=O) groups excluding carboxylic acids is 1. The molecule has 33 heavy (non-hydrogen) atoms. The van der Waals surface area contributed by atoms with E-state index in [4.69, 9.17) is 0 Å². The van der Waals surface area contributed by atoms with Gasteiger partial charge in [-0.2, -0.15) is 4.31 Å². The van der Waals surface area contributed by atoms with Crippen LogP contribution in [0.5, 0.6) is 0 Å². The molecule has 1 amide bonds. The molecule has 1 aliphatic rings. The highest BCUT2D eigenvalue weighted by Crippen LogP contribution is 2.21. The van der Waals surface area contributed by atoms with Gasteiger partial charge in [-0.15, -0.1) is 6.58 Å². The van der Waals surface area contributed by atoms with E-state index in [0.29, 0.717) is 29.9 Å². The van der Waals surface area contributed by atoms with Gasteiger partial charge in [0.2, 0.25) is 26.0 Å². The summed E-state index contributed by atoms with van der Waals surface area (Å²) in [6.45, 7) is 4.74. The Morgan fingerprint density at radius 2 is 1.52 bits per heavy atom. The first-order chi connectivity index (χ1) is 15.7. The highest BCUT2D eigenvalue weighted by molar-refractivity contribution is 7.89. The van der Waals surface area contributed by atoms with Crippen molar-refractivity contribution in [1.29, 1.82) is 0 Å². The standard InChI is InChI=1S/C23H29N3O5S2/c1-2-14-24-32(28,29)18-20-6-10-21(11-7-20)25-23(27)17-19-8-12-22(13-9-19)33(30,31)26-15-4-3-5-16-26/h2,6-13,24H,1,3-5,14-18H2,(H,25,27). The second kappa shape index (κ2) is 11.1. The number of amides is 1. The van der Waals surface area contributed by atoms with Crippen molar-refractivity contribution in [3.05, 3.63) is 72.3 Å². The summed E-state index contributed by atoms with van der Waals surface area (Å²) in [5, 5.41) is 2.77. The molecule has 0 bridgehead atoms. The zero-order valence-corrected chi connectivity index (χ0v) is 20.0. The number of rotatable bonds is 10. The summed E-state index contributed by atoms with van der Waals surface area (Å²) in [7, 11) is -6.95. The van der Waals surface area contributed by atoms with E-state index in [-0.39, 0.29) is 29.5 Å². The molecule has 0 aliphatic carbocycles. The van der Waals surface area contributed by atoms with Gasteiger partial charge in [-0.3, -0.25) is 4.79 Å². The number of piperidine rings is 1. The van der Waals surface area contributed by atoms with Crippen LogP contribution in [0.3, 0.4) is 0 Å². The number of nitrogens with zero attached hydrogens (tertiary/aromatic N) is 1. The molecule has 10 heteroatoms. The SMILES string of the molecule is C=CCNS(=O)(=O)Cc1ccc(NC(=O)Cc2ccc(S(=O)(=O)N3CCCCC3)cc2)cc1. The van der Waals surface area contributed by atoms with Gasteiger partial charge in [0.1, 0.15) is 0 Å². The molecule has 1 heterocycles. The summed E-state index contributed by atoms with van der Waals surface area (Å²) in [5.41, 5.74) is 1.83. The molecule has 1 aliphatic heterocycles. The van der Waals surface area contributed by atoms with Gasteiger partial charge in [-0.25, -0.2) is 21.6 Å². The average Bonchev–Trinajstić information content (AvgIpc) is 2.80. The summed E-state index contributed by atoms with van der Waals surface area (Å²) in [6.07, 6.45) is 4.36. The fourth-order valence-corrected chi connectivity index (χ4v) is 6.19. The maximum Gasteiger partial charge on any atom is 0.243 e. The highest BCUT2D eigenvalue weighted by atomic mass is 32.2. The Balaban J connectivity index is 1.56. The number of carbonyl (C=O) groups is 1. The summed E-state index contributed by atoms with van der Waals surface area (Å²) in [4.78, 5) is 12.6. The van der Waals surface area contributed by atoms with E-state index < -0.39 is 20.0 Å². The molecule has 178 valence electrons. The van der Waals surface area contributed by atoms with Crippen molar-refractivity contribution in [1.82, 2.24) is 9.03 Å². The average molecular weight is 492 g/mol. The fourth-order valence-electron chi connectivity index (χ4n) is 3.56. The summed E-state index contributed by atoms with van der Waals surface area (Å²) >= 11 is 0. The minimum Gasteiger partial charge on any atom is -0.326 e. The molecular formula is C23H29N3O5S2. The molecule has 0 radical (unpaired) electrons. The first-order valence-electron chi connectivity index (χ1n) is 10.8. The second-order valence-electron chi connectivity index (χ2n) is 7.93. The van der Waals surface area contributed by atoms with Gasteiger partial charge in [0.15, 0.2) is 0 Å². The molecule has 0 aromatic heterocycles. The van der Waals surface area contributed by atoms with E-state index in [1.54, 1.807) is 48.5 Å². The molecule has 0 saturated carbocycles. The van der Waals surface area contributed by atoms with E-state index in [2.05, 4.69) is 16.6 Å². The van der Waals surface area contributed by atoms with Crippen LogP contribution in [-0.4, -0.2) is 46.7 Å². The Bertz CT molecular complexity index is 1170. The third-order valence-corrected chi connectivity index (χ3v) is 8.52. The van der Waals surface area contributed by atoms with E-state index >= 15 is 0 Å². The third-order valence-electron chi connectivity index (χ3n) is 5.28. The van der Waals surface area contributed by atoms with Crippen LogP contribution in [0.2, 0.25) is 0 Å². The predicted octanol–water partition coefficient (Wildman–Crippen LogP) is 2.65. The van der Waals surface area contributed by atoms with E-state index in [1.165, 1.54) is 10.4 Å². The highest BCUT2D eigenvalue weighted by Gasteiger charge is 2.25. The van der Waals surface area contributed by atoms with Crippen LogP contribution in [0.4, 0.5) is 5.69 Å². The van der Waals surface area contributed by atoms with Crippen LogP contribution in [0, 0.1) is 0 Å². The summed E-state index contributed by atoms with van der Waals surface area (Å²) < 4.78 is 53.2. The number of hydrogen-bond acceptors (Lipinski definition) is 5. The molecule has 1 saturated heterocycles. The van der Waals surface area contributed by atoms with Gasteiger partial charge >= 0.3 is 0 Å². The first kappa shape index (κ1) is 25.1. The Morgan fingerprint density at radius 3 is 2.12 bits per heavy atom. The van der Waals surface area contributed by atoms with Crippen molar-refractivity contribution in [2.75, 3.05) is 25.0 Å². The lowest BCUT2D eigenvalue weighted by Gasteiger charge is -2.25. The smallest absolute Gasteiger partial charge is 0.243 e. The molecule has 8 nitrogen and oxygen atoms in total. The zero-order valence-electron chi connectivity index (χ0n) is 18.4. The van der Waals surface area contributed by atoms with Gasteiger partial charge in [-0.05, 0) is 48.2 Å². The summed E-state index contributed by atoms with van der Waals surface area (Å²) in [5.74, 6) is -0.420. The molecule has 0 atom stereocenters. The van der Waals surface area contributed by atoms with Crippen molar-refractivity contribution in [2.45, 2.75) is 36.3 Å². The number of sulfonamides is 2. The number of nitrogens with one attached hydrogen (secondary N) is 2. The monoisotopic (exact) mass is 491 g/mol. The molecule has 0 spiro atoms. The fraction of sp³-hybridized carbons (Fsp3) is 0.348. The van der Waals surface area contributed by atoms with Crippen LogP contribution in [0.15, 0.2) is 66.1 Å². The van der Waals surface area contributed by atoms with E-state index in [0.717, 1.165) is 19.3 Å². The van der Waals surface area contributed by atoms with Crippen molar-refractivity contribution in [3.63, 3.8) is 0 Å². The number of benzene rings is 2. The van der Waals surface area contributed by atoms with Crippen molar-refractivity contribution in [3.8, 4) is 0 Å². The molecule has 2 aromatic carbocycles. The molecule has 2 aromatic rings. The Kier molecular flexibility index (Phi) is 8.41. The quantitative estimate of drug-likeness (QED) is 0.496. The van der Waals surface area contributed by atoms with Crippen LogP contribution < -0.4 is 10.0 Å². The normalized spacial score (nSPS) is 15.2. The van der Waals surface area contributed by atoms with Crippen molar-refractivity contribution < 1.29 is 21.6 Å². The Hall–Kier alpha value is -2.53. The minimum atomic E-state index is -3.50. The first-order valence-corrected chi connectivity index (χ1v) is 13.8. The van der Waals surface area contributed by atoms with Crippen LogP contribution >= 0.6 is 0 Å². The molecule has 3 rings (SSSR count). The lowest BCUT2D eigenvalue weighted by atomic mass is 10.1. The van der Waals surface area contributed by atoms with E-state index in [1.807, 2.05) is 0 Å². The largest absolute Gasteiger partial charge is 0.326 e. The van der Waals surface area contributed by atoms with Gasteiger partial charge < -0.3 is 5.32 Å². The van der Waals surface area contributed by atoms with Gasteiger partial charge in [0, 0.05) is 25.3 Å². The van der Waals surface area contributed by atoms with Crippen molar-refractivity contribution in [2.24, 2.45) is 0 Å². The Labute approximate surface area is 195 Å². The van der Waals surface area contributed by atoms with Gasteiger partial charge in [-0.1, -0.05) is 36.8 Å². The van der Waals surface area contributed by atoms with Crippen LogP contribution in [-0.2, 0) is 37.0 Å². The molecular weight excluding hydrogens is 462 g/mol. The van der Waals surface area contributed by atoms with Crippen molar-refractivity contribution >= 4 is 31.6 Å². The topological polar surface area (TPSA) is 113 Å². The van der Waals surface area contributed by atoms with Crippen LogP contribution in [0.1, 0.15) is 30.4 Å².